The van der Waals surface area contributed by atoms with Gasteiger partial charge in [-0.05, 0) is 37.1 Å². The van der Waals surface area contributed by atoms with Gasteiger partial charge in [-0.25, -0.2) is 4.98 Å². The van der Waals surface area contributed by atoms with Crippen molar-refractivity contribution in [2.75, 3.05) is 0 Å². The SMILES string of the molecule is Cc1cn(Cc2nc(C#N)cs2)c(C)c1-c1ccc(C#N)c(Cl)c1. The summed E-state index contributed by atoms with van der Waals surface area (Å²) in [4.78, 5) is 4.29. The molecule has 0 saturated carbocycles. The van der Waals surface area contributed by atoms with Crippen LogP contribution in [0.1, 0.15) is 27.5 Å². The van der Waals surface area contributed by atoms with Crippen molar-refractivity contribution in [3.63, 3.8) is 0 Å². The van der Waals surface area contributed by atoms with Crippen LogP contribution in [0.3, 0.4) is 0 Å². The van der Waals surface area contributed by atoms with Crippen LogP contribution in [0.5, 0.6) is 0 Å². The molecule has 24 heavy (non-hydrogen) atoms. The molecule has 2 aromatic heterocycles. The summed E-state index contributed by atoms with van der Waals surface area (Å²) < 4.78 is 2.12. The number of aromatic nitrogens is 2. The standard InChI is InChI=1S/C18H13ClN4S/c1-11-8-23(9-17-22-15(7-21)10-24-17)12(2)18(11)13-3-4-14(6-20)16(19)5-13/h3-5,8,10H,9H2,1-2H3. The van der Waals surface area contributed by atoms with Crippen LogP contribution in [0.25, 0.3) is 11.1 Å². The molecule has 0 aliphatic heterocycles. The van der Waals surface area contributed by atoms with Crippen LogP contribution in [0.2, 0.25) is 5.02 Å². The van der Waals surface area contributed by atoms with Crippen molar-refractivity contribution in [2.24, 2.45) is 0 Å². The highest BCUT2D eigenvalue weighted by Crippen LogP contribution is 2.32. The summed E-state index contributed by atoms with van der Waals surface area (Å²) in [6, 6.07) is 9.63. The summed E-state index contributed by atoms with van der Waals surface area (Å²) in [5.74, 6) is 0. The molecule has 0 unspecified atom stereocenters. The van der Waals surface area contributed by atoms with Crippen LogP contribution in [-0.2, 0) is 6.54 Å². The Morgan fingerprint density at radius 1 is 1.25 bits per heavy atom. The van der Waals surface area contributed by atoms with E-state index in [0.29, 0.717) is 22.8 Å². The molecule has 118 valence electrons. The van der Waals surface area contributed by atoms with Crippen molar-refractivity contribution < 1.29 is 0 Å². The molecule has 1 aromatic carbocycles. The van der Waals surface area contributed by atoms with E-state index in [0.717, 1.165) is 27.4 Å². The minimum atomic E-state index is 0.454. The normalized spacial score (nSPS) is 10.4. The topological polar surface area (TPSA) is 65.4 Å². The van der Waals surface area contributed by atoms with Gasteiger partial charge in [0.2, 0.25) is 0 Å². The van der Waals surface area contributed by atoms with E-state index in [1.165, 1.54) is 11.3 Å². The van der Waals surface area contributed by atoms with E-state index >= 15 is 0 Å². The fraction of sp³-hybridized carbons (Fsp3) is 0.167. The number of benzene rings is 1. The maximum atomic E-state index is 9.01. The van der Waals surface area contributed by atoms with Crippen molar-refractivity contribution >= 4 is 22.9 Å². The summed E-state index contributed by atoms with van der Waals surface area (Å²) >= 11 is 7.66. The van der Waals surface area contributed by atoms with Gasteiger partial charge < -0.3 is 4.57 Å². The van der Waals surface area contributed by atoms with Gasteiger partial charge in [-0.2, -0.15) is 10.5 Å². The maximum absolute atomic E-state index is 9.01. The number of nitrogens with zero attached hydrogens (tertiary/aromatic N) is 4. The van der Waals surface area contributed by atoms with Crippen LogP contribution >= 0.6 is 22.9 Å². The fourth-order valence-electron chi connectivity index (χ4n) is 2.77. The number of nitriles is 2. The maximum Gasteiger partial charge on any atom is 0.151 e. The van der Waals surface area contributed by atoms with Crippen molar-refractivity contribution in [3.05, 3.63) is 62.3 Å². The van der Waals surface area contributed by atoms with Gasteiger partial charge in [-0.15, -0.1) is 11.3 Å². The van der Waals surface area contributed by atoms with Crippen molar-refractivity contribution in [1.82, 2.24) is 9.55 Å². The molecule has 0 aliphatic carbocycles. The van der Waals surface area contributed by atoms with Gasteiger partial charge in [0.1, 0.15) is 17.1 Å². The number of hydrogen-bond acceptors (Lipinski definition) is 4. The number of halogens is 1. The predicted molar refractivity (Wildman–Crippen MR) is 95.0 cm³/mol. The van der Waals surface area contributed by atoms with Crippen LogP contribution < -0.4 is 0 Å². The fourth-order valence-corrected chi connectivity index (χ4v) is 3.71. The largest absolute Gasteiger partial charge is 0.344 e. The first-order chi connectivity index (χ1) is 11.5. The minimum absolute atomic E-state index is 0.454. The van der Waals surface area contributed by atoms with E-state index in [-0.39, 0.29) is 0 Å². The highest BCUT2D eigenvalue weighted by Gasteiger charge is 2.14. The van der Waals surface area contributed by atoms with Crippen LogP contribution in [-0.4, -0.2) is 9.55 Å². The van der Waals surface area contributed by atoms with Gasteiger partial charge in [0.15, 0.2) is 5.69 Å². The zero-order valence-electron chi connectivity index (χ0n) is 13.2. The third-order valence-electron chi connectivity index (χ3n) is 3.89. The lowest BCUT2D eigenvalue weighted by atomic mass is 10.0. The molecule has 2 heterocycles. The predicted octanol–water partition coefficient (Wildman–Crippen LogP) is 4.67. The summed E-state index contributed by atoms with van der Waals surface area (Å²) in [6.07, 6.45) is 2.07. The van der Waals surface area contributed by atoms with Crippen molar-refractivity contribution in [3.8, 4) is 23.3 Å². The van der Waals surface area contributed by atoms with Gasteiger partial charge >= 0.3 is 0 Å². The molecule has 4 nitrogen and oxygen atoms in total. The third-order valence-corrected chi connectivity index (χ3v) is 5.03. The molecule has 0 fully saturated rings. The van der Waals surface area contributed by atoms with Gasteiger partial charge in [-0.1, -0.05) is 17.7 Å². The Hall–Kier alpha value is -2.60. The van der Waals surface area contributed by atoms with Crippen LogP contribution in [0.4, 0.5) is 0 Å². The Balaban J connectivity index is 1.99. The van der Waals surface area contributed by atoms with Crippen LogP contribution in [0, 0.1) is 36.5 Å². The lowest BCUT2D eigenvalue weighted by Gasteiger charge is -2.07. The summed E-state index contributed by atoms with van der Waals surface area (Å²) in [5.41, 5.74) is 5.26. The molecule has 6 heteroatoms. The molecule has 3 rings (SSSR count). The molecule has 0 N–H and O–H groups in total. The Morgan fingerprint density at radius 3 is 2.67 bits per heavy atom. The van der Waals surface area contributed by atoms with Gasteiger partial charge in [0.25, 0.3) is 0 Å². The van der Waals surface area contributed by atoms with Gasteiger partial charge in [0.05, 0.1) is 17.1 Å². The number of aryl methyl sites for hydroxylation is 1. The first-order valence-electron chi connectivity index (χ1n) is 7.24. The Bertz CT molecular complexity index is 1000. The summed E-state index contributed by atoms with van der Waals surface area (Å²) in [7, 11) is 0. The van der Waals surface area contributed by atoms with E-state index in [2.05, 4.69) is 27.9 Å². The highest BCUT2D eigenvalue weighted by molar-refractivity contribution is 7.09. The van der Waals surface area contributed by atoms with E-state index in [9.17, 15) is 0 Å². The Kier molecular flexibility index (Phi) is 4.40. The molecule has 0 spiro atoms. The van der Waals surface area contributed by atoms with Gasteiger partial charge in [0, 0.05) is 22.8 Å². The second kappa shape index (κ2) is 6.49. The van der Waals surface area contributed by atoms with E-state index in [1.807, 2.05) is 26.0 Å². The first-order valence-corrected chi connectivity index (χ1v) is 8.50. The lowest BCUT2D eigenvalue weighted by Crippen LogP contribution is -2.00. The first kappa shape index (κ1) is 16.3. The summed E-state index contributed by atoms with van der Waals surface area (Å²) in [5, 5.41) is 21.0. The molecule has 0 amide bonds. The average Bonchev–Trinajstić information content (AvgIpc) is 3.12. The van der Waals surface area contributed by atoms with Crippen molar-refractivity contribution in [2.45, 2.75) is 20.4 Å². The number of rotatable bonds is 3. The molecule has 3 aromatic rings. The Labute approximate surface area is 149 Å². The molecular weight excluding hydrogens is 340 g/mol. The second-order valence-electron chi connectivity index (χ2n) is 5.45. The average molecular weight is 353 g/mol. The molecular formula is C18H13ClN4S. The van der Waals surface area contributed by atoms with E-state index in [4.69, 9.17) is 22.1 Å². The molecule has 0 bridgehead atoms. The van der Waals surface area contributed by atoms with Crippen LogP contribution in [0.15, 0.2) is 29.8 Å². The monoisotopic (exact) mass is 352 g/mol. The van der Waals surface area contributed by atoms with E-state index in [1.54, 1.807) is 11.4 Å². The number of hydrogen-bond donors (Lipinski definition) is 0. The summed E-state index contributed by atoms with van der Waals surface area (Å²) in [6.45, 7) is 4.73. The highest BCUT2D eigenvalue weighted by atomic mass is 35.5. The lowest BCUT2D eigenvalue weighted by molar-refractivity contribution is 0.769. The molecule has 0 atom stereocenters. The Morgan fingerprint density at radius 2 is 2.04 bits per heavy atom. The molecule has 0 aliphatic rings. The van der Waals surface area contributed by atoms with Gasteiger partial charge in [-0.3, -0.25) is 0 Å². The van der Waals surface area contributed by atoms with E-state index < -0.39 is 0 Å². The number of thiazole rings is 1. The second-order valence-corrected chi connectivity index (χ2v) is 6.79. The minimum Gasteiger partial charge on any atom is -0.344 e. The zero-order chi connectivity index (χ0) is 17.3. The molecule has 0 saturated heterocycles. The van der Waals surface area contributed by atoms with Crippen molar-refractivity contribution in [1.29, 1.82) is 10.5 Å². The smallest absolute Gasteiger partial charge is 0.151 e. The third kappa shape index (κ3) is 2.92. The molecule has 0 radical (unpaired) electrons. The zero-order valence-corrected chi connectivity index (χ0v) is 14.7. The quantitative estimate of drug-likeness (QED) is 0.687.